The van der Waals surface area contributed by atoms with Gasteiger partial charge in [0, 0.05) is 11.9 Å². The van der Waals surface area contributed by atoms with Gasteiger partial charge in [-0.3, -0.25) is 0 Å². The molecule has 2 nitrogen and oxygen atoms in total. The minimum atomic E-state index is -0.909. The molecule has 0 aliphatic carbocycles. The van der Waals surface area contributed by atoms with Crippen LogP contribution in [0.4, 0.5) is 0 Å². The van der Waals surface area contributed by atoms with Crippen molar-refractivity contribution in [3.63, 3.8) is 0 Å². The number of carbonyl (C=O) groups is 1. The average molecular weight is 157 g/mol. The van der Waals surface area contributed by atoms with Gasteiger partial charge in [0.25, 0.3) is 0 Å². The maximum atomic E-state index is 10.6. The van der Waals surface area contributed by atoms with Crippen molar-refractivity contribution in [3.8, 4) is 0 Å². The third-order valence-electron chi connectivity index (χ3n) is 1.83. The van der Waals surface area contributed by atoms with E-state index in [2.05, 4.69) is 0 Å². The maximum Gasteiger partial charge on any atom is 0.0447 e. The molecule has 0 fully saturated rings. The second kappa shape index (κ2) is 4.37. The smallest absolute Gasteiger partial charge is 0.0447 e. The molecule has 0 aliphatic heterocycles. The molecule has 0 spiro atoms. The lowest BCUT2D eigenvalue weighted by Gasteiger charge is -2.23. The summed E-state index contributed by atoms with van der Waals surface area (Å²) in [5, 5.41) is 10.6. The first kappa shape index (κ1) is 10.5. The van der Waals surface area contributed by atoms with E-state index in [4.69, 9.17) is 0 Å². The van der Waals surface area contributed by atoms with Gasteiger partial charge in [-0.25, -0.2) is 0 Å². The molecule has 0 heterocycles. The van der Waals surface area contributed by atoms with Gasteiger partial charge in [-0.05, 0) is 18.3 Å². The number of hydrogen-bond donors (Lipinski definition) is 0. The van der Waals surface area contributed by atoms with Crippen molar-refractivity contribution in [1.82, 2.24) is 0 Å². The lowest BCUT2D eigenvalue weighted by atomic mass is 9.88. The van der Waals surface area contributed by atoms with Crippen LogP contribution in [-0.4, -0.2) is 5.97 Å². The van der Waals surface area contributed by atoms with E-state index in [1.807, 2.05) is 27.7 Å². The molecular formula is C9H17O2-. The Labute approximate surface area is 68.6 Å². The molecule has 0 N–H and O–H groups in total. The minimum absolute atomic E-state index is 0.183. The van der Waals surface area contributed by atoms with E-state index in [0.717, 1.165) is 6.42 Å². The van der Waals surface area contributed by atoms with Crippen molar-refractivity contribution in [1.29, 1.82) is 0 Å². The summed E-state index contributed by atoms with van der Waals surface area (Å²) in [4.78, 5) is 10.6. The summed E-state index contributed by atoms with van der Waals surface area (Å²) < 4.78 is 0. The quantitative estimate of drug-likeness (QED) is 0.612. The average Bonchev–Trinajstić information content (AvgIpc) is 1.81. The fourth-order valence-electron chi connectivity index (χ4n) is 1.15. The SMILES string of the molecule is CC(C)CC(C(=O)[O-])C(C)C. The van der Waals surface area contributed by atoms with Gasteiger partial charge in [0.05, 0.1) is 0 Å². The first-order valence-corrected chi connectivity index (χ1v) is 4.16. The highest BCUT2D eigenvalue weighted by atomic mass is 16.4. The molecule has 0 saturated heterocycles. The summed E-state index contributed by atoms with van der Waals surface area (Å²) in [6.45, 7) is 7.89. The Morgan fingerprint density at radius 1 is 1.27 bits per heavy atom. The second-order valence-corrected chi connectivity index (χ2v) is 3.80. The zero-order valence-corrected chi connectivity index (χ0v) is 7.76. The lowest BCUT2D eigenvalue weighted by molar-refractivity contribution is -0.313. The maximum absolute atomic E-state index is 10.6. The third-order valence-corrected chi connectivity index (χ3v) is 1.83. The number of hydrogen-bond acceptors (Lipinski definition) is 2. The number of aliphatic carboxylic acids is 1. The molecule has 0 aromatic carbocycles. The molecule has 0 aliphatic rings. The van der Waals surface area contributed by atoms with E-state index < -0.39 is 5.97 Å². The van der Waals surface area contributed by atoms with Crippen molar-refractivity contribution in [2.45, 2.75) is 34.1 Å². The molecule has 11 heavy (non-hydrogen) atoms. The van der Waals surface area contributed by atoms with Crippen LogP contribution in [0.25, 0.3) is 0 Å². The van der Waals surface area contributed by atoms with Gasteiger partial charge in [0.15, 0.2) is 0 Å². The van der Waals surface area contributed by atoms with Gasteiger partial charge in [-0.1, -0.05) is 27.7 Å². The van der Waals surface area contributed by atoms with Gasteiger partial charge in [0.2, 0.25) is 0 Å². The Bertz CT molecular complexity index is 128. The van der Waals surface area contributed by atoms with Crippen molar-refractivity contribution in [3.05, 3.63) is 0 Å². The standard InChI is InChI=1S/C9H18O2/c1-6(2)5-8(7(3)4)9(10)11/h6-8H,5H2,1-4H3,(H,10,11)/p-1. The van der Waals surface area contributed by atoms with Gasteiger partial charge < -0.3 is 9.90 Å². The Balaban J connectivity index is 4.01. The highest BCUT2D eigenvalue weighted by molar-refractivity contribution is 5.67. The fraction of sp³-hybridized carbons (Fsp3) is 0.889. The molecule has 66 valence electrons. The van der Waals surface area contributed by atoms with Gasteiger partial charge in [-0.2, -0.15) is 0 Å². The first-order chi connectivity index (χ1) is 4.95. The second-order valence-electron chi connectivity index (χ2n) is 3.80. The topological polar surface area (TPSA) is 40.1 Å². The lowest BCUT2D eigenvalue weighted by Crippen LogP contribution is -2.35. The number of carboxylic acids is 1. The zero-order valence-electron chi connectivity index (χ0n) is 7.76. The van der Waals surface area contributed by atoms with E-state index >= 15 is 0 Å². The van der Waals surface area contributed by atoms with Gasteiger partial charge in [0.1, 0.15) is 0 Å². The van der Waals surface area contributed by atoms with Crippen LogP contribution in [0.2, 0.25) is 0 Å². The molecule has 2 heteroatoms. The van der Waals surface area contributed by atoms with Crippen LogP contribution >= 0.6 is 0 Å². The monoisotopic (exact) mass is 157 g/mol. The van der Waals surface area contributed by atoms with Crippen molar-refractivity contribution >= 4 is 5.97 Å². The molecule has 0 amide bonds. The Hall–Kier alpha value is -0.530. The Morgan fingerprint density at radius 2 is 1.73 bits per heavy atom. The van der Waals surface area contributed by atoms with Crippen LogP contribution < -0.4 is 5.11 Å². The molecule has 0 rings (SSSR count). The van der Waals surface area contributed by atoms with Crippen molar-refractivity contribution in [2.24, 2.45) is 17.8 Å². The molecule has 0 radical (unpaired) electrons. The largest absolute Gasteiger partial charge is 0.550 e. The molecular weight excluding hydrogens is 140 g/mol. The number of carbonyl (C=O) groups excluding carboxylic acids is 1. The van der Waals surface area contributed by atoms with Crippen LogP contribution in [0.1, 0.15) is 34.1 Å². The summed E-state index contributed by atoms with van der Waals surface area (Å²) >= 11 is 0. The summed E-state index contributed by atoms with van der Waals surface area (Å²) in [7, 11) is 0. The molecule has 1 atom stereocenters. The Kier molecular flexibility index (Phi) is 4.16. The van der Waals surface area contributed by atoms with Crippen molar-refractivity contribution in [2.75, 3.05) is 0 Å². The summed E-state index contributed by atoms with van der Waals surface area (Å²) in [5.41, 5.74) is 0. The highest BCUT2D eigenvalue weighted by Crippen LogP contribution is 2.18. The van der Waals surface area contributed by atoms with Crippen LogP contribution in [0, 0.1) is 17.8 Å². The highest BCUT2D eigenvalue weighted by Gasteiger charge is 2.15. The molecule has 0 aromatic heterocycles. The summed E-state index contributed by atoms with van der Waals surface area (Å²) in [5.74, 6) is -0.577. The van der Waals surface area contributed by atoms with E-state index in [9.17, 15) is 9.90 Å². The van der Waals surface area contributed by atoms with E-state index in [-0.39, 0.29) is 11.8 Å². The summed E-state index contributed by atoms with van der Waals surface area (Å²) in [6.07, 6.45) is 0.722. The third kappa shape index (κ3) is 4.02. The molecule has 0 saturated carbocycles. The number of carboxylic acid groups (broad SMARTS) is 1. The summed E-state index contributed by atoms with van der Waals surface area (Å²) in [6, 6.07) is 0. The normalized spacial score (nSPS) is 14.0. The zero-order chi connectivity index (χ0) is 9.02. The van der Waals surface area contributed by atoms with Gasteiger partial charge >= 0.3 is 0 Å². The van der Waals surface area contributed by atoms with Crippen LogP contribution in [0.3, 0.4) is 0 Å². The van der Waals surface area contributed by atoms with Crippen LogP contribution in [0.5, 0.6) is 0 Å². The van der Waals surface area contributed by atoms with Crippen LogP contribution in [-0.2, 0) is 4.79 Å². The van der Waals surface area contributed by atoms with Crippen LogP contribution in [0.15, 0.2) is 0 Å². The predicted molar refractivity (Wildman–Crippen MR) is 42.8 cm³/mol. The van der Waals surface area contributed by atoms with Crippen molar-refractivity contribution < 1.29 is 9.90 Å². The predicted octanol–water partition coefficient (Wildman–Crippen LogP) is 1.05. The molecule has 0 bridgehead atoms. The van der Waals surface area contributed by atoms with Gasteiger partial charge in [-0.15, -0.1) is 0 Å². The molecule has 1 unspecified atom stereocenters. The van der Waals surface area contributed by atoms with E-state index in [0.29, 0.717) is 5.92 Å². The van der Waals surface area contributed by atoms with E-state index in [1.54, 1.807) is 0 Å². The fourth-order valence-corrected chi connectivity index (χ4v) is 1.15. The Morgan fingerprint density at radius 3 is 1.82 bits per heavy atom. The van der Waals surface area contributed by atoms with E-state index in [1.165, 1.54) is 0 Å². The molecule has 0 aromatic rings. The first-order valence-electron chi connectivity index (χ1n) is 4.16. The minimum Gasteiger partial charge on any atom is -0.550 e. The number of rotatable bonds is 4.